The third-order valence-electron chi connectivity index (χ3n) is 5.57. The van der Waals surface area contributed by atoms with Crippen LogP contribution in [0.4, 0.5) is 0 Å². The summed E-state index contributed by atoms with van der Waals surface area (Å²) in [5.74, 6) is 0.0581. The Morgan fingerprint density at radius 2 is 1.07 bits per heavy atom. The number of allylic oxidation sites excluding steroid dienone is 1. The summed E-state index contributed by atoms with van der Waals surface area (Å²) >= 11 is 0. The molecule has 0 aliphatic carbocycles. The first-order chi connectivity index (χ1) is 14.2. The van der Waals surface area contributed by atoms with Crippen LogP contribution < -0.4 is 5.73 Å². The fourth-order valence-corrected chi connectivity index (χ4v) is 4.11. The Morgan fingerprint density at radius 3 is 1.57 bits per heavy atom. The van der Waals surface area contributed by atoms with E-state index in [-0.39, 0.29) is 18.3 Å². The van der Waals surface area contributed by atoms with Gasteiger partial charge in [0.25, 0.3) is 0 Å². The van der Waals surface area contributed by atoms with E-state index in [4.69, 9.17) is 5.73 Å². The van der Waals surface area contributed by atoms with Gasteiger partial charge in [-0.15, -0.1) is 19.0 Å². The Morgan fingerprint density at radius 1 is 0.633 bits per heavy atom. The van der Waals surface area contributed by atoms with Gasteiger partial charge in [0.2, 0.25) is 0 Å². The van der Waals surface area contributed by atoms with E-state index < -0.39 is 5.54 Å². The molecular weight excluding hydrogens is 386 g/mol. The maximum absolute atomic E-state index is 7.30. The van der Waals surface area contributed by atoms with Crippen LogP contribution in [0.1, 0.15) is 33.7 Å². The number of hydrogen-bond donors (Lipinski definition) is 1. The molecule has 0 saturated heterocycles. The number of hydrogen-bond acceptors (Lipinski definition) is 1. The van der Waals surface area contributed by atoms with Crippen LogP contribution >= 0.6 is 12.4 Å². The maximum Gasteiger partial charge on any atom is 0.0925 e. The van der Waals surface area contributed by atoms with Gasteiger partial charge in [-0.1, -0.05) is 121 Å². The molecule has 2 heteroatoms. The molecule has 0 radical (unpaired) electrons. The van der Waals surface area contributed by atoms with Gasteiger partial charge in [-0.2, -0.15) is 0 Å². The Labute approximate surface area is 185 Å². The molecule has 0 aromatic heterocycles. The van der Waals surface area contributed by atoms with Crippen molar-refractivity contribution in [3.8, 4) is 0 Å². The Bertz CT molecular complexity index is 1040. The van der Waals surface area contributed by atoms with Gasteiger partial charge >= 0.3 is 0 Å². The van der Waals surface area contributed by atoms with Crippen molar-refractivity contribution < 1.29 is 0 Å². The zero-order chi connectivity index (χ0) is 20.1. The molecule has 4 rings (SSSR count). The number of nitrogens with two attached hydrogens (primary N) is 1. The van der Waals surface area contributed by atoms with Crippen LogP contribution in [0.25, 0.3) is 0 Å². The minimum atomic E-state index is -0.769. The van der Waals surface area contributed by atoms with Crippen LogP contribution in [0.3, 0.4) is 0 Å². The molecule has 0 heterocycles. The van der Waals surface area contributed by atoms with Gasteiger partial charge in [0.05, 0.1) is 5.54 Å². The van der Waals surface area contributed by atoms with E-state index >= 15 is 0 Å². The Hall–Kier alpha value is -3.13. The maximum atomic E-state index is 7.30. The fraction of sp³-hybridized carbons (Fsp3) is 0.0714. The molecule has 150 valence electrons. The van der Waals surface area contributed by atoms with E-state index in [1.165, 1.54) is 11.1 Å². The van der Waals surface area contributed by atoms with Crippen molar-refractivity contribution in [2.45, 2.75) is 11.5 Å². The summed E-state index contributed by atoms with van der Waals surface area (Å²) in [6.45, 7) is 4.14. The Balaban J connectivity index is 0.00000256. The summed E-state index contributed by atoms with van der Waals surface area (Å²) in [4.78, 5) is 0. The van der Waals surface area contributed by atoms with Gasteiger partial charge in [-0.05, 0) is 27.8 Å². The first-order valence-electron chi connectivity index (χ1n) is 9.92. The van der Waals surface area contributed by atoms with Gasteiger partial charge in [-0.25, -0.2) is 0 Å². The topological polar surface area (TPSA) is 26.0 Å². The number of rotatable bonds is 6. The highest BCUT2D eigenvalue weighted by atomic mass is 35.5. The normalized spacial score (nSPS) is 11.9. The summed E-state index contributed by atoms with van der Waals surface area (Å²) < 4.78 is 0. The molecule has 0 fully saturated rings. The molecular formula is C28H26ClN. The minimum Gasteiger partial charge on any atom is -0.314 e. The minimum absolute atomic E-state index is 0. The predicted octanol–water partition coefficient (Wildman–Crippen LogP) is 6.68. The van der Waals surface area contributed by atoms with Gasteiger partial charge in [0.1, 0.15) is 0 Å². The molecule has 2 N–H and O–H groups in total. The highest BCUT2D eigenvalue weighted by Gasteiger charge is 2.34. The van der Waals surface area contributed by atoms with E-state index in [1.54, 1.807) is 0 Å². The summed E-state index contributed by atoms with van der Waals surface area (Å²) in [6, 6.07) is 39.6. The average Bonchev–Trinajstić information content (AvgIpc) is 2.81. The van der Waals surface area contributed by atoms with Gasteiger partial charge < -0.3 is 5.73 Å². The number of halogens is 1. The molecule has 4 aromatic carbocycles. The SMILES string of the molecule is C=CC(c1ccccc1)c1ccccc1C(N)(c1ccccc1)c1ccccc1.Cl. The summed E-state index contributed by atoms with van der Waals surface area (Å²) in [7, 11) is 0. The largest absolute Gasteiger partial charge is 0.314 e. The summed E-state index contributed by atoms with van der Waals surface area (Å²) in [5, 5.41) is 0. The van der Waals surface area contributed by atoms with E-state index in [9.17, 15) is 0 Å². The number of benzene rings is 4. The first kappa shape index (κ1) is 21.6. The van der Waals surface area contributed by atoms with Gasteiger partial charge in [0.15, 0.2) is 0 Å². The van der Waals surface area contributed by atoms with E-state index in [1.807, 2.05) is 48.5 Å². The molecule has 0 saturated carbocycles. The second kappa shape index (κ2) is 9.58. The lowest BCUT2D eigenvalue weighted by Gasteiger charge is -2.35. The zero-order valence-corrected chi connectivity index (χ0v) is 17.6. The van der Waals surface area contributed by atoms with Crippen LogP contribution in [0, 0.1) is 0 Å². The molecule has 0 bridgehead atoms. The van der Waals surface area contributed by atoms with Crippen LogP contribution in [0.5, 0.6) is 0 Å². The van der Waals surface area contributed by atoms with E-state index in [2.05, 4.69) is 79.4 Å². The van der Waals surface area contributed by atoms with E-state index in [0.717, 1.165) is 16.7 Å². The molecule has 0 aliphatic heterocycles. The molecule has 4 aromatic rings. The third kappa shape index (κ3) is 3.95. The second-order valence-corrected chi connectivity index (χ2v) is 7.25. The molecule has 0 aliphatic rings. The lowest BCUT2D eigenvalue weighted by Crippen LogP contribution is -2.40. The standard InChI is InChI=1S/C28H25N.ClH/c1-2-25(22-14-6-3-7-15-22)26-20-12-13-21-27(26)28(29,23-16-8-4-9-17-23)24-18-10-5-11-19-24;/h2-21,25H,1,29H2;1H. The second-order valence-electron chi connectivity index (χ2n) is 7.25. The van der Waals surface area contributed by atoms with E-state index in [0.29, 0.717) is 0 Å². The highest BCUT2D eigenvalue weighted by Crippen LogP contribution is 2.40. The predicted molar refractivity (Wildman–Crippen MR) is 129 cm³/mol. The molecule has 0 spiro atoms. The molecule has 1 nitrogen and oxygen atoms in total. The lowest BCUT2D eigenvalue weighted by molar-refractivity contribution is 0.642. The Kier molecular flexibility index (Phi) is 6.89. The van der Waals surface area contributed by atoms with Crippen molar-refractivity contribution in [2.75, 3.05) is 0 Å². The van der Waals surface area contributed by atoms with Crippen LogP contribution in [0.15, 0.2) is 128 Å². The van der Waals surface area contributed by atoms with Crippen molar-refractivity contribution >= 4 is 12.4 Å². The molecule has 0 amide bonds. The van der Waals surface area contributed by atoms with Crippen LogP contribution in [-0.2, 0) is 5.54 Å². The highest BCUT2D eigenvalue weighted by molar-refractivity contribution is 5.85. The quantitative estimate of drug-likeness (QED) is 0.278. The van der Waals surface area contributed by atoms with Crippen molar-refractivity contribution in [3.63, 3.8) is 0 Å². The zero-order valence-electron chi connectivity index (χ0n) is 16.8. The monoisotopic (exact) mass is 411 g/mol. The first-order valence-corrected chi connectivity index (χ1v) is 9.92. The van der Waals surface area contributed by atoms with Gasteiger partial charge in [0, 0.05) is 5.92 Å². The molecule has 1 unspecified atom stereocenters. The van der Waals surface area contributed by atoms with Crippen molar-refractivity contribution in [3.05, 3.63) is 156 Å². The van der Waals surface area contributed by atoms with Crippen molar-refractivity contribution in [1.82, 2.24) is 0 Å². The smallest absolute Gasteiger partial charge is 0.0925 e. The molecule has 30 heavy (non-hydrogen) atoms. The third-order valence-corrected chi connectivity index (χ3v) is 5.57. The fourth-order valence-electron chi connectivity index (χ4n) is 4.11. The average molecular weight is 412 g/mol. The van der Waals surface area contributed by atoms with Crippen molar-refractivity contribution in [1.29, 1.82) is 0 Å². The van der Waals surface area contributed by atoms with Crippen molar-refractivity contribution in [2.24, 2.45) is 5.73 Å². The summed E-state index contributed by atoms with van der Waals surface area (Å²) in [5.41, 5.74) is 12.1. The van der Waals surface area contributed by atoms with Gasteiger partial charge in [-0.3, -0.25) is 0 Å². The lowest BCUT2D eigenvalue weighted by atomic mass is 9.73. The van der Waals surface area contributed by atoms with Crippen LogP contribution in [0.2, 0.25) is 0 Å². The summed E-state index contributed by atoms with van der Waals surface area (Å²) in [6.07, 6.45) is 2.00. The van der Waals surface area contributed by atoms with Crippen LogP contribution in [-0.4, -0.2) is 0 Å². The molecule has 1 atom stereocenters.